The number of nitro groups is 1. The summed E-state index contributed by atoms with van der Waals surface area (Å²) in [5, 5.41) is 11.0. The molecule has 0 aliphatic rings. The Hall–Kier alpha value is -1.33. The second-order valence-corrected chi connectivity index (χ2v) is 3.06. The van der Waals surface area contributed by atoms with Gasteiger partial charge in [0.2, 0.25) is 5.75 Å². The minimum absolute atomic E-state index is 0.0301. The summed E-state index contributed by atoms with van der Waals surface area (Å²) in [6.07, 6.45) is 0. The number of hydrogen-bond donors (Lipinski definition) is 0. The van der Waals surface area contributed by atoms with Crippen LogP contribution in [0.15, 0.2) is 18.2 Å². The second kappa shape index (κ2) is 5.53. The van der Waals surface area contributed by atoms with Crippen LogP contribution >= 0.6 is 11.6 Å². The molecule has 6 heteroatoms. The van der Waals surface area contributed by atoms with Crippen LogP contribution in [0, 0.1) is 10.1 Å². The number of benzene rings is 1. The zero-order chi connectivity index (χ0) is 11.3. The van der Waals surface area contributed by atoms with Crippen molar-refractivity contribution in [3.8, 4) is 5.75 Å². The number of hydrogen-bond acceptors (Lipinski definition) is 4. The predicted molar refractivity (Wildman–Crippen MR) is 55.2 cm³/mol. The first-order valence-corrected chi connectivity index (χ1v) is 4.67. The van der Waals surface area contributed by atoms with Gasteiger partial charge in [0.25, 0.3) is 0 Å². The lowest BCUT2D eigenvalue weighted by atomic mass is 10.3. The molecule has 0 amide bonds. The maximum absolute atomic E-state index is 10.6. The minimum atomic E-state index is -0.530. The van der Waals surface area contributed by atoms with E-state index in [2.05, 4.69) is 0 Å². The lowest BCUT2D eigenvalue weighted by molar-refractivity contribution is -0.386. The summed E-state index contributed by atoms with van der Waals surface area (Å²) in [5.41, 5.74) is -0.126. The van der Waals surface area contributed by atoms with Crippen molar-refractivity contribution >= 4 is 17.3 Å². The molecule has 0 heterocycles. The van der Waals surface area contributed by atoms with Gasteiger partial charge in [-0.2, -0.15) is 0 Å². The summed E-state index contributed by atoms with van der Waals surface area (Å²) in [6, 6.07) is 4.12. The fraction of sp³-hybridized carbons (Fsp3) is 0.333. The Morgan fingerprint density at radius 3 is 2.87 bits per heavy atom. The van der Waals surface area contributed by atoms with Gasteiger partial charge in [0.15, 0.2) is 6.79 Å². The topological polar surface area (TPSA) is 61.6 Å². The van der Waals surface area contributed by atoms with Crippen LogP contribution < -0.4 is 4.74 Å². The van der Waals surface area contributed by atoms with Crippen LogP contribution in [0.1, 0.15) is 6.92 Å². The summed E-state index contributed by atoms with van der Waals surface area (Å²) in [6.45, 7) is 2.25. The van der Waals surface area contributed by atoms with E-state index in [1.165, 1.54) is 18.2 Å². The molecule has 0 aromatic heterocycles. The molecule has 0 N–H and O–H groups in total. The predicted octanol–water partition coefficient (Wildman–Crippen LogP) is 2.62. The molecular weight excluding hydrogens is 222 g/mol. The van der Waals surface area contributed by atoms with Crippen molar-refractivity contribution in [2.75, 3.05) is 13.4 Å². The standard InChI is InChI=1S/C9H10ClNO4/c1-2-14-6-15-9-5-7(10)3-4-8(9)11(12)13/h3-5H,2,6H2,1H3. The largest absolute Gasteiger partial charge is 0.460 e. The Morgan fingerprint density at radius 1 is 1.53 bits per heavy atom. The van der Waals surface area contributed by atoms with Crippen molar-refractivity contribution < 1.29 is 14.4 Å². The van der Waals surface area contributed by atoms with Gasteiger partial charge < -0.3 is 9.47 Å². The van der Waals surface area contributed by atoms with E-state index in [-0.39, 0.29) is 18.2 Å². The van der Waals surface area contributed by atoms with Gasteiger partial charge in [-0.1, -0.05) is 11.6 Å². The Balaban J connectivity index is 2.82. The third-order valence-corrected chi connectivity index (χ3v) is 1.86. The van der Waals surface area contributed by atoms with Crippen LogP contribution in [0.25, 0.3) is 0 Å². The second-order valence-electron chi connectivity index (χ2n) is 2.62. The quantitative estimate of drug-likeness (QED) is 0.338. The van der Waals surface area contributed by atoms with Gasteiger partial charge >= 0.3 is 5.69 Å². The first kappa shape index (κ1) is 11.7. The summed E-state index contributed by atoms with van der Waals surface area (Å²) in [4.78, 5) is 10.1. The van der Waals surface area contributed by atoms with E-state index in [1.54, 1.807) is 6.92 Å². The highest BCUT2D eigenvalue weighted by Gasteiger charge is 2.14. The normalized spacial score (nSPS) is 10.0. The van der Waals surface area contributed by atoms with E-state index in [1.807, 2.05) is 0 Å². The van der Waals surface area contributed by atoms with E-state index >= 15 is 0 Å². The SMILES string of the molecule is CCOCOc1cc(Cl)ccc1[N+](=O)[O-]. The number of ether oxygens (including phenoxy) is 2. The van der Waals surface area contributed by atoms with Crippen molar-refractivity contribution in [2.24, 2.45) is 0 Å². The first-order chi connectivity index (χ1) is 7.15. The Morgan fingerprint density at radius 2 is 2.27 bits per heavy atom. The van der Waals surface area contributed by atoms with E-state index in [4.69, 9.17) is 21.1 Å². The molecule has 1 rings (SSSR count). The van der Waals surface area contributed by atoms with Gasteiger partial charge in [0, 0.05) is 23.8 Å². The first-order valence-electron chi connectivity index (χ1n) is 4.29. The number of rotatable bonds is 5. The van der Waals surface area contributed by atoms with Crippen LogP contribution in [0.3, 0.4) is 0 Å². The molecule has 5 nitrogen and oxygen atoms in total. The summed E-state index contributed by atoms with van der Waals surface area (Å²) < 4.78 is 10.00. The molecule has 0 aliphatic carbocycles. The van der Waals surface area contributed by atoms with Crippen LogP contribution in [0.2, 0.25) is 5.02 Å². The van der Waals surface area contributed by atoms with Gasteiger partial charge in [-0.05, 0) is 13.0 Å². The van der Waals surface area contributed by atoms with Gasteiger partial charge in [-0.3, -0.25) is 10.1 Å². The smallest absolute Gasteiger partial charge is 0.311 e. The van der Waals surface area contributed by atoms with Crippen molar-refractivity contribution in [3.63, 3.8) is 0 Å². The summed E-state index contributed by atoms with van der Waals surface area (Å²) >= 11 is 5.69. The Kier molecular flexibility index (Phi) is 4.33. The van der Waals surface area contributed by atoms with Crippen molar-refractivity contribution in [2.45, 2.75) is 6.92 Å². The lowest BCUT2D eigenvalue weighted by Crippen LogP contribution is -2.04. The Bertz CT molecular complexity index is 356. The highest BCUT2D eigenvalue weighted by molar-refractivity contribution is 6.30. The molecule has 0 saturated carbocycles. The zero-order valence-corrected chi connectivity index (χ0v) is 8.86. The number of nitrogens with zero attached hydrogens (tertiary/aromatic N) is 1. The zero-order valence-electron chi connectivity index (χ0n) is 8.10. The van der Waals surface area contributed by atoms with Gasteiger partial charge in [0.05, 0.1) is 4.92 Å². The third kappa shape index (κ3) is 3.38. The molecule has 0 atom stereocenters. The van der Waals surface area contributed by atoms with E-state index < -0.39 is 4.92 Å². The molecule has 0 unspecified atom stereocenters. The van der Waals surface area contributed by atoms with Crippen molar-refractivity contribution in [1.29, 1.82) is 0 Å². The molecule has 1 aromatic carbocycles. The van der Waals surface area contributed by atoms with Gasteiger partial charge in [0.1, 0.15) is 0 Å². The molecular formula is C9H10ClNO4. The summed E-state index contributed by atoms with van der Waals surface area (Å²) in [5.74, 6) is 0.112. The molecule has 0 bridgehead atoms. The minimum Gasteiger partial charge on any atom is -0.460 e. The third-order valence-electron chi connectivity index (χ3n) is 1.62. The molecule has 0 saturated heterocycles. The fourth-order valence-electron chi connectivity index (χ4n) is 0.943. The average Bonchev–Trinajstić information content (AvgIpc) is 2.18. The highest BCUT2D eigenvalue weighted by atomic mass is 35.5. The van der Waals surface area contributed by atoms with Gasteiger partial charge in [-0.25, -0.2) is 0 Å². The molecule has 0 radical (unpaired) electrons. The monoisotopic (exact) mass is 231 g/mol. The maximum Gasteiger partial charge on any atom is 0.311 e. The fourth-order valence-corrected chi connectivity index (χ4v) is 1.10. The molecule has 0 spiro atoms. The highest BCUT2D eigenvalue weighted by Crippen LogP contribution is 2.29. The molecule has 15 heavy (non-hydrogen) atoms. The molecule has 82 valence electrons. The van der Waals surface area contributed by atoms with E-state index in [9.17, 15) is 10.1 Å². The van der Waals surface area contributed by atoms with E-state index in [0.29, 0.717) is 11.6 Å². The van der Waals surface area contributed by atoms with Crippen LogP contribution in [0.4, 0.5) is 5.69 Å². The lowest BCUT2D eigenvalue weighted by Gasteiger charge is -2.06. The van der Waals surface area contributed by atoms with Crippen molar-refractivity contribution in [1.82, 2.24) is 0 Å². The molecule has 0 fully saturated rings. The van der Waals surface area contributed by atoms with Crippen LogP contribution in [-0.4, -0.2) is 18.3 Å². The Labute approximate surface area is 91.7 Å². The average molecular weight is 232 g/mol. The van der Waals surface area contributed by atoms with E-state index in [0.717, 1.165) is 0 Å². The molecule has 0 aliphatic heterocycles. The van der Waals surface area contributed by atoms with Crippen molar-refractivity contribution in [3.05, 3.63) is 33.3 Å². The number of nitro benzene ring substituents is 1. The summed E-state index contributed by atoms with van der Waals surface area (Å²) in [7, 11) is 0. The van der Waals surface area contributed by atoms with Crippen LogP contribution in [-0.2, 0) is 4.74 Å². The number of halogens is 1. The van der Waals surface area contributed by atoms with Crippen LogP contribution in [0.5, 0.6) is 5.75 Å². The maximum atomic E-state index is 10.6. The molecule has 1 aromatic rings. The van der Waals surface area contributed by atoms with Gasteiger partial charge in [-0.15, -0.1) is 0 Å².